The molecule has 3 nitrogen and oxygen atoms in total. The van der Waals surface area contributed by atoms with Gasteiger partial charge in [0.1, 0.15) is 0 Å². The average molecular weight is 692 g/mol. The standard InChI is InChI=1S/C51H37N3/c52-30-29-36-13-7-8-16-38(36)31-35-23-26-49(44(32-35)37-14-3-1-4-15-37)54-48-22-12-10-20-43(48)46-34-40(25-28-51(46)54)39-24-27-50-45(33-39)42-19-9-11-21-47(42)53(50)41-17-5-2-6-18-41/h1-30,32-34H,31,52H2/b30-29-. The first-order chi connectivity index (χ1) is 26.7. The molecule has 8 aromatic carbocycles. The molecule has 0 fully saturated rings. The number of aromatic nitrogens is 2. The third kappa shape index (κ3) is 5.29. The Morgan fingerprint density at radius 2 is 0.981 bits per heavy atom. The summed E-state index contributed by atoms with van der Waals surface area (Å²) in [5.74, 6) is 0. The van der Waals surface area contributed by atoms with Crippen LogP contribution in [0.15, 0.2) is 194 Å². The maximum absolute atomic E-state index is 5.81. The average Bonchev–Trinajstić information content (AvgIpc) is 3.74. The first kappa shape index (κ1) is 31.6. The van der Waals surface area contributed by atoms with Crippen LogP contribution in [0.25, 0.3) is 83.3 Å². The smallest absolute Gasteiger partial charge is 0.0541 e. The highest BCUT2D eigenvalue weighted by Crippen LogP contribution is 2.40. The molecule has 10 rings (SSSR count). The largest absolute Gasteiger partial charge is 0.405 e. The van der Waals surface area contributed by atoms with Crippen molar-refractivity contribution < 1.29 is 0 Å². The van der Waals surface area contributed by atoms with E-state index in [-0.39, 0.29) is 0 Å². The number of nitrogens with zero attached hydrogens (tertiary/aromatic N) is 2. The zero-order chi connectivity index (χ0) is 36.0. The molecule has 2 aromatic heterocycles. The Morgan fingerprint density at radius 1 is 0.426 bits per heavy atom. The third-order valence-corrected chi connectivity index (χ3v) is 10.8. The maximum atomic E-state index is 5.81. The van der Waals surface area contributed by atoms with Crippen molar-refractivity contribution in [1.29, 1.82) is 0 Å². The number of hydrogen-bond acceptors (Lipinski definition) is 1. The fraction of sp³-hybridized carbons (Fsp3) is 0.0196. The summed E-state index contributed by atoms with van der Waals surface area (Å²) in [6.45, 7) is 0. The van der Waals surface area contributed by atoms with Gasteiger partial charge in [-0.1, -0.05) is 127 Å². The molecule has 3 heteroatoms. The van der Waals surface area contributed by atoms with Crippen molar-refractivity contribution in [2.24, 2.45) is 5.73 Å². The van der Waals surface area contributed by atoms with E-state index in [9.17, 15) is 0 Å². The molecule has 0 aliphatic carbocycles. The molecule has 54 heavy (non-hydrogen) atoms. The van der Waals surface area contributed by atoms with Crippen LogP contribution in [0.3, 0.4) is 0 Å². The van der Waals surface area contributed by atoms with E-state index >= 15 is 0 Å². The fourth-order valence-corrected chi connectivity index (χ4v) is 8.34. The number of para-hydroxylation sites is 3. The summed E-state index contributed by atoms with van der Waals surface area (Å²) in [7, 11) is 0. The molecule has 0 spiro atoms. The van der Waals surface area contributed by atoms with Gasteiger partial charge in [0.15, 0.2) is 0 Å². The van der Waals surface area contributed by atoms with E-state index in [1.165, 1.54) is 82.7 Å². The SMILES string of the molecule is N/C=C\c1ccccc1Cc1ccc(-n2c3ccccc3c3cc(-c4ccc5c(c4)c4ccccc4n5-c4ccccc4)ccc32)c(-c2ccccc2)c1. The molecule has 0 radical (unpaired) electrons. The van der Waals surface area contributed by atoms with E-state index < -0.39 is 0 Å². The molecule has 0 bridgehead atoms. The van der Waals surface area contributed by atoms with Crippen molar-refractivity contribution in [1.82, 2.24) is 9.13 Å². The van der Waals surface area contributed by atoms with Crippen molar-refractivity contribution in [3.8, 4) is 33.6 Å². The van der Waals surface area contributed by atoms with Crippen molar-refractivity contribution in [2.45, 2.75) is 6.42 Å². The first-order valence-corrected chi connectivity index (χ1v) is 18.5. The Hall–Kier alpha value is -7.10. The summed E-state index contributed by atoms with van der Waals surface area (Å²) in [4.78, 5) is 0. The summed E-state index contributed by atoms with van der Waals surface area (Å²) < 4.78 is 4.82. The molecule has 2 heterocycles. The number of rotatable bonds is 7. The van der Waals surface area contributed by atoms with Crippen LogP contribution in [0, 0.1) is 0 Å². The monoisotopic (exact) mass is 691 g/mol. The number of hydrogen-bond donors (Lipinski definition) is 1. The van der Waals surface area contributed by atoms with Crippen molar-refractivity contribution in [3.63, 3.8) is 0 Å². The molecule has 0 aliphatic heterocycles. The van der Waals surface area contributed by atoms with Gasteiger partial charge in [-0.25, -0.2) is 0 Å². The van der Waals surface area contributed by atoms with Gasteiger partial charge in [0.25, 0.3) is 0 Å². The molecular weight excluding hydrogens is 655 g/mol. The van der Waals surface area contributed by atoms with Gasteiger partial charge in [-0.05, 0) is 113 Å². The summed E-state index contributed by atoms with van der Waals surface area (Å²) in [6.07, 6.45) is 4.41. The van der Waals surface area contributed by atoms with Crippen LogP contribution in [-0.4, -0.2) is 9.13 Å². The number of fused-ring (bicyclic) bond motifs is 6. The minimum atomic E-state index is 0.811. The Balaban J connectivity index is 1.13. The second-order valence-electron chi connectivity index (χ2n) is 14.0. The molecule has 0 unspecified atom stereocenters. The number of nitrogens with two attached hydrogens (primary N) is 1. The molecule has 2 N–H and O–H groups in total. The van der Waals surface area contributed by atoms with Gasteiger partial charge in [-0.2, -0.15) is 0 Å². The van der Waals surface area contributed by atoms with E-state index in [0.29, 0.717) is 0 Å². The predicted octanol–water partition coefficient (Wildman–Crippen LogP) is 12.7. The molecule has 0 saturated carbocycles. The highest BCUT2D eigenvalue weighted by atomic mass is 15.0. The molecule has 256 valence electrons. The Kier molecular flexibility index (Phi) is 7.70. The lowest BCUT2D eigenvalue weighted by Gasteiger charge is -2.16. The topological polar surface area (TPSA) is 35.9 Å². The van der Waals surface area contributed by atoms with Crippen molar-refractivity contribution >= 4 is 49.7 Å². The Bertz CT molecular complexity index is 3020. The van der Waals surface area contributed by atoms with Gasteiger partial charge < -0.3 is 14.9 Å². The van der Waals surface area contributed by atoms with Gasteiger partial charge in [0.2, 0.25) is 0 Å². The zero-order valence-electron chi connectivity index (χ0n) is 29.7. The third-order valence-electron chi connectivity index (χ3n) is 10.8. The van der Waals surface area contributed by atoms with Crippen LogP contribution in [0.2, 0.25) is 0 Å². The van der Waals surface area contributed by atoms with Gasteiger partial charge in [-0.3, -0.25) is 0 Å². The van der Waals surface area contributed by atoms with Gasteiger partial charge in [0.05, 0.1) is 27.8 Å². The fourth-order valence-electron chi connectivity index (χ4n) is 8.34. The van der Waals surface area contributed by atoms with E-state index in [2.05, 4.69) is 197 Å². The summed E-state index contributed by atoms with van der Waals surface area (Å²) >= 11 is 0. The van der Waals surface area contributed by atoms with E-state index in [1.807, 2.05) is 6.08 Å². The quantitative estimate of drug-likeness (QED) is 0.177. The van der Waals surface area contributed by atoms with Crippen LogP contribution in [0.1, 0.15) is 16.7 Å². The lowest BCUT2D eigenvalue weighted by atomic mass is 9.95. The Labute approximate surface area is 314 Å². The lowest BCUT2D eigenvalue weighted by Crippen LogP contribution is -2.00. The van der Waals surface area contributed by atoms with Crippen LogP contribution in [0.4, 0.5) is 0 Å². The van der Waals surface area contributed by atoms with Crippen LogP contribution < -0.4 is 5.73 Å². The normalized spacial score (nSPS) is 11.8. The Morgan fingerprint density at radius 3 is 1.67 bits per heavy atom. The maximum Gasteiger partial charge on any atom is 0.0541 e. The second-order valence-corrected chi connectivity index (χ2v) is 14.0. The second kappa shape index (κ2) is 13.1. The summed E-state index contributed by atoms with van der Waals surface area (Å²) in [5.41, 5.74) is 21.4. The summed E-state index contributed by atoms with van der Waals surface area (Å²) in [6, 6.07) is 68.2. The van der Waals surface area contributed by atoms with E-state index in [0.717, 1.165) is 17.7 Å². The van der Waals surface area contributed by atoms with Crippen LogP contribution in [-0.2, 0) is 6.42 Å². The molecule has 0 atom stereocenters. The first-order valence-electron chi connectivity index (χ1n) is 18.5. The van der Waals surface area contributed by atoms with Crippen molar-refractivity contribution in [3.05, 3.63) is 211 Å². The highest BCUT2D eigenvalue weighted by Gasteiger charge is 2.18. The lowest BCUT2D eigenvalue weighted by molar-refractivity contribution is 1.15. The van der Waals surface area contributed by atoms with Crippen LogP contribution >= 0.6 is 0 Å². The van der Waals surface area contributed by atoms with Gasteiger partial charge in [0, 0.05) is 32.8 Å². The van der Waals surface area contributed by atoms with Crippen molar-refractivity contribution in [2.75, 3.05) is 0 Å². The number of benzene rings is 8. The van der Waals surface area contributed by atoms with E-state index in [1.54, 1.807) is 6.20 Å². The highest BCUT2D eigenvalue weighted by molar-refractivity contribution is 6.13. The minimum Gasteiger partial charge on any atom is -0.405 e. The van der Waals surface area contributed by atoms with E-state index in [4.69, 9.17) is 5.73 Å². The molecule has 0 aliphatic rings. The predicted molar refractivity (Wildman–Crippen MR) is 228 cm³/mol. The molecular formula is C51H37N3. The molecule has 0 saturated heterocycles. The molecule has 10 aromatic rings. The van der Waals surface area contributed by atoms with Crippen LogP contribution in [0.5, 0.6) is 0 Å². The van der Waals surface area contributed by atoms with Gasteiger partial charge in [-0.15, -0.1) is 0 Å². The zero-order valence-corrected chi connectivity index (χ0v) is 29.7. The minimum absolute atomic E-state index is 0.811. The van der Waals surface area contributed by atoms with Gasteiger partial charge >= 0.3 is 0 Å². The molecule has 0 amide bonds. The summed E-state index contributed by atoms with van der Waals surface area (Å²) in [5, 5.41) is 4.98.